The van der Waals surface area contributed by atoms with Crippen molar-refractivity contribution in [1.29, 1.82) is 0 Å². The molecule has 0 bridgehead atoms. The van der Waals surface area contributed by atoms with E-state index in [1.54, 1.807) is 0 Å². The van der Waals surface area contributed by atoms with E-state index in [2.05, 4.69) is 26.2 Å². The molecule has 2 heteroatoms. The Kier molecular flexibility index (Phi) is 4.92. The van der Waals surface area contributed by atoms with Crippen molar-refractivity contribution in [2.75, 3.05) is 0 Å². The summed E-state index contributed by atoms with van der Waals surface area (Å²) in [4.78, 5) is 0. The maximum atomic E-state index is 3.91. The molecule has 0 saturated heterocycles. The Bertz CT molecular complexity index is 23.0. The van der Waals surface area contributed by atoms with Crippen LogP contribution in [0.2, 0.25) is 19.6 Å². The van der Waals surface area contributed by atoms with Crippen LogP contribution in [0.25, 0.3) is 0 Å². The fraction of sp³-hybridized carbons (Fsp3) is 0.750. The normalized spacial score (nSPS) is 10.0. The molecule has 0 aliphatic heterocycles. The summed E-state index contributed by atoms with van der Waals surface area (Å²) in [6.07, 6.45) is 0. The van der Waals surface area contributed by atoms with Crippen LogP contribution < -0.4 is 0 Å². The summed E-state index contributed by atoms with van der Waals surface area (Å²) in [5, 5.41) is 0. The van der Waals surface area contributed by atoms with Gasteiger partial charge in [0, 0.05) is 28.5 Å². The van der Waals surface area contributed by atoms with Gasteiger partial charge < -0.3 is 0 Å². The SMILES string of the molecule is [CH2][Si](C)(C)C.[Pd]. The summed E-state index contributed by atoms with van der Waals surface area (Å²) >= 11 is 0. The molecule has 1 radical (unpaired) electrons. The topological polar surface area (TPSA) is 0 Å². The molecule has 0 N–H and O–H groups in total. The van der Waals surface area contributed by atoms with Gasteiger partial charge in [-0.3, -0.25) is 0 Å². The second-order valence-corrected chi connectivity index (χ2v) is 7.68. The van der Waals surface area contributed by atoms with Crippen molar-refractivity contribution in [3.8, 4) is 0 Å². The minimum absolute atomic E-state index is 0. The molecule has 6 heavy (non-hydrogen) atoms. The van der Waals surface area contributed by atoms with Gasteiger partial charge in [0.2, 0.25) is 0 Å². The summed E-state index contributed by atoms with van der Waals surface area (Å²) in [5.74, 6) is 0. The van der Waals surface area contributed by atoms with Crippen LogP contribution in [0.15, 0.2) is 0 Å². The van der Waals surface area contributed by atoms with Crippen LogP contribution in [-0.4, -0.2) is 8.07 Å². The average molecular weight is 194 g/mol. The first-order valence-electron chi connectivity index (χ1n) is 1.85. The van der Waals surface area contributed by atoms with E-state index in [9.17, 15) is 0 Å². The summed E-state index contributed by atoms with van der Waals surface area (Å²) in [6, 6.07) is 0. The largest absolute Gasteiger partial charge is 0.0696 e. The molecule has 0 aliphatic rings. The molecule has 0 aliphatic carbocycles. The van der Waals surface area contributed by atoms with Crippen LogP contribution in [0.4, 0.5) is 0 Å². The van der Waals surface area contributed by atoms with Gasteiger partial charge in [-0.2, -0.15) is 0 Å². The first kappa shape index (κ1) is 9.99. The summed E-state index contributed by atoms with van der Waals surface area (Å²) in [7, 11) is -0.861. The van der Waals surface area contributed by atoms with Crippen LogP contribution in [0.3, 0.4) is 0 Å². The van der Waals surface area contributed by atoms with Crippen molar-refractivity contribution in [3.05, 3.63) is 6.55 Å². The van der Waals surface area contributed by atoms with Crippen LogP contribution in [-0.2, 0) is 20.4 Å². The van der Waals surface area contributed by atoms with Gasteiger partial charge in [0.05, 0.1) is 0 Å². The monoisotopic (exact) mass is 193 g/mol. The molecule has 0 aromatic heterocycles. The Labute approximate surface area is 55.0 Å². The minimum atomic E-state index is -0.861. The van der Waals surface area contributed by atoms with Crippen LogP contribution >= 0.6 is 0 Å². The summed E-state index contributed by atoms with van der Waals surface area (Å²) < 4.78 is 0. The van der Waals surface area contributed by atoms with E-state index in [-0.39, 0.29) is 20.4 Å². The Morgan fingerprint density at radius 3 is 1.17 bits per heavy atom. The second kappa shape index (κ2) is 2.96. The molecular weight excluding hydrogens is 183 g/mol. The van der Waals surface area contributed by atoms with Crippen molar-refractivity contribution >= 4 is 8.07 Å². The van der Waals surface area contributed by atoms with Crippen molar-refractivity contribution in [3.63, 3.8) is 0 Å². The Balaban J connectivity index is 0. The van der Waals surface area contributed by atoms with Crippen molar-refractivity contribution in [1.82, 2.24) is 0 Å². The van der Waals surface area contributed by atoms with Gasteiger partial charge in [0.1, 0.15) is 0 Å². The number of hydrogen-bond donors (Lipinski definition) is 0. The van der Waals surface area contributed by atoms with Crippen molar-refractivity contribution < 1.29 is 20.4 Å². The number of hydrogen-bond acceptors (Lipinski definition) is 0. The van der Waals surface area contributed by atoms with E-state index in [4.69, 9.17) is 0 Å². The molecule has 0 aromatic rings. The van der Waals surface area contributed by atoms with Gasteiger partial charge in [-0.05, 0) is 0 Å². The van der Waals surface area contributed by atoms with Gasteiger partial charge in [0.25, 0.3) is 0 Å². The third-order valence-corrected chi connectivity index (χ3v) is 0. The first-order chi connectivity index (χ1) is 2.00. The molecule has 0 rings (SSSR count). The predicted molar refractivity (Wildman–Crippen MR) is 28.7 cm³/mol. The minimum Gasteiger partial charge on any atom is -0.0696 e. The van der Waals surface area contributed by atoms with E-state index in [0.29, 0.717) is 0 Å². The van der Waals surface area contributed by atoms with Crippen molar-refractivity contribution in [2.24, 2.45) is 0 Å². The molecule has 0 aromatic carbocycles. The first-order valence-corrected chi connectivity index (χ1v) is 5.56. The van der Waals surface area contributed by atoms with E-state index in [1.165, 1.54) is 0 Å². The van der Waals surface area contributed by atoms with Crippen molar-refractivity contribution in [2.45, 2.75) is 19.6 Å². The smallest absolute Gasteiger partial charge is 0.0439 e. The zero-order chi connectivity index (χ0) is 4.50. The van der Waals surface area contributed by atoms with Gasteiger partial charge >= 0.3 is 0 Å². The summed E-state index contributed by atoms with van der Waals surface area (Å²) in [6.45, 7) is 10.6. The quantitative estimate of drug-likeness (QED) is 0.514. The molecule has 0 saturated carbocycles. The fourth-order valence-electron chi connectivity index (χ4n) is 0. The van der Waals surface area contributed by atoms with Crippen LogP contribution in [0, 0.1) is 6.55 Å². The molecule has 0 nitrogen and oxygen atoms in total. The van der Waals surface area contributed by atoms with E-state index in [0.717, 1.165) is 0 Å². The van der Waals surface area contributed by atoms with Gasteiger partial charge in [-0.15, -0.1) is 0 Å². The van der Waals surface area contributed by atoms with Gasteiger partial charge in [-0.1, -0.05) is 26.2 Å². The third kappa shape index (κ3) is 95.0. The summed E-state index contributed by atoms with van der Waals surface area (Å²) in [5.41, 5.74) is 0. The molecule has 41 valence electrons. The zero-order valence-electron chi connectivity index (χ0n) is 4.52. The third-order valence-electron chi connectivity index (χ3n) is 0. The molecular formula is C4H11PdSi. The van der Waals surface area contributed by atoms with E-state index in [1.807, 2.05) is 0 Å². The fourth-order valence-corrected chi connectivity index (χ4v) is 0. The second-order valence-electron chi connectivity index (χ2n) is 2.56. The molecule has 0 fully saturated rings. The molecule has 0 unspecified atom stereocenters. The predicted octanol–water partition coefficient (Wildman–Crippen LogP) is 1.70. The maximum absolute atomic E-state index is 3.91. The van der Waals surface area contributed by atoms with Gasteiger partial charge in [-0.25, -0.2) is 0 Å². The Morgan fingerprint density at radius 1 is 1.17 bits per heavy atom. The zero-order valence-corrected chi connectivity index (χ0v) is 7.08. The number of rotatable bonds is 0. The van der Waals surface area contributed by atoms with Gasteiger partial charge in [0.15, 0.2) is 0 Å². The standard InChI is InChI=1S/C4H11Si.Pd/c1-5(2,3)4;/h1H2,2-4H3;. The van der Waals surface area contributed by atoms with Crippen LogP contribution in [0.1, 0.15) is 0 Å². The maximum Gasteiger partial charge on any atom is 0.0439 e. The molecule has 0 amide bonds. The van der Waals surface area contributed by atoms with E-state index < -0.39 is 8.07 Å². The average Bonchev–Trinajstić information content (AvgIpc) is 0.722. The molecule has 0 atom stereocenters. The Hall–Kier alpha value is 0.879. The Morgan fingerprint density at radius 2 is 1.17 bits per heavy atom. The molecule has 0 heterocycles. The van der Waals surface area contributed by atoms with Crippen LogP contribution in [0.5, 0.6) is 0 Å². The van der Waals surface area contributed by atoms with E-state index >= 15 is 0 Å². The molecule has 0 spiro atoms.